The predicted molar refractivity (Wildman–Crippen MR) is 91.9 cm³/mol. The number of esters is 1. The van der Waals surface area contributed by atoms with Crippen molar-refractivity contribution in [2.45, 2.75) is 6.92 Å². The number of pyridine rings is 2. The van der Waals surface area contributed by atoms with Crippen molar-refractivity contribution in [1.29, 1.82) is 0 Å². The Kier molecular flexibility index (Phi) is 4.29. The highest BCUT2D eigenvalue weighted by molar-refractivity contribution is 6.05. The van der Waals surface area contributed by atoms with Crippen molar-refractivity contribution in [2.75, 3.05) is 19.5 Å². The molecule has 0 radical (unpaired) electrons. The van der Waals surface area contributed by atoms with E-state index in [0.717, 1.165) is 22.5 Å². The van der Waals surface area contributed by atoms with Crippen LogP contribution in [0, 0.1) is 6.92 Å². The maximum absolute atomic E-state index is 12.1. The molecule has 2 aromatic heterocycles. The van der Waals surface area contributed by atoms with Crippen LogP contribution in [-0.4, -0.2) is 30.2 Å². The van der Waals surface area contributed by atoms with E-state index < -0.39 is 5.97 Å². The first-order chi connectivity index (χ1) is 11.6. The molecular formula is C18H17N3O3. The molecule has 0 saturated carbocycles. The summed E-state index contributed by atoms with van der Waals surface area (Å²) < 4.78 is 10.0. The molecule has 0 bridgehead atoms. The average Bonchev–Trinajstić information content (AvgIpc) is 2.61. The van der Waals surface area contributed by atoms with Crippen molar-refractivity contribution >= 4 is 28.4 Å². The molecule has 122 valence electrons. The third kappa shape index (κ3) is 2.99. The third-order valence-corrected chi connectivity index (χ3v) is 3.63. The van der Waals surface area contributed by atoms with Crippen LogP contribution in [0.15, 0.2) is 42.6 Å². The van der Waals surface area contributed by atoms with E-state index in [9.17, 15) is 4.79 Å². The lowest BCUT2D eigenvalue weighted by Gasteiger charge is -2.14. The number of carbonyl (C=O) groups is 1. The highest BCUT2D eigenvalue weighted by Gasteiger charge is 2.17. The Labute approximate surface area is 139 Å². The Morgan fingerprint density at radius 1 is 1.08 bits per heavy atom. The molecule has 0 saturated heterocycles. The Balaban J connectivity index is 2.12. The van der Waals surface area contributed by atoms with E-state index in [1.165, 1.54) is 13.3 Å². The molecule has 1 aromatic carbocycles. The van der Waals surface area contributed by atoms with Gasteiger partial charge in [0, 0.05) is 23.0 Å². The van der Waals surface area contributed by atoms with Gasteiger partial charge in [-0.3, -0.25) is 0 Å². The van der Waals surface area contributed by atoms with Crippen LogP contribution in [0.2, 0.25) is 0 Å². The summed E-state index contributed by atoms with van der Waals surface area (Å²) in [5, 5.41) is 4.01. The number of ether oxygens (including phenoxy) is 2. The standard InChI is InChI=1S/C18H17N3O3/c1-11-4-9-14-16(21-12-5-7-13(23-2)8-6-12)15(18(22)24-3)10-19-17(14)20-11/h4-10H,1-3H3,(H,19,20,21). The van der Waals surface area contributed by atoms with Gasteiger partial charge in [-0.05, 0) is 43.3 Å². The van der Waals surface area contributed by atoms with Crippen molar-refractivity contribution in [1.82, 2.24) is 9.97 Å². The van der Waals surface area contributed by atoms with Crippen LogP contribution in [0.4, 0.5) is 11.4 Å². The number of hydrogen-bond acceptors (Lipinski definition) is 6. The van der Waals surface area contributed by atoms with E-state index in [0.29, 0.717) is 16.9 Å². The number of nitrogens with zero attached hydrogens (tertiary/aromatic N) is 2. The lowest BCUT2D eigenvalue weighted by Crippen LogP contribution is -2.08. The van der Waals surface area contributed by atoms with Crippen LogP contribution < -0.4 is 10.1 Å². The fourth-order valence-corrected chi connectivity index (χ4v) is 2.39. The van der Waals surface area contributed by atoms with E-state index >= 15 is 0 Å². The maximum atomic E-state index is 12.1. The topological polar surface area (TPSA) is 73.3 Å². The zero-order chi connectivity index (χ0) is 17.1. The summed E-state index contributed by atoms with van der Waals surface area (Å²) >= 11 is 0. The van der Waals surface area contributed by atoms with Crippen LogP contribution >= 0.6 is 0 Å². The highest BCUT2D eigenvalue weighted by atomic mass is 16.5. The second-order valence-electron chi connectivity index (χ2n) is 5.22. The summed E-state index contributed by atoms with van der Waals surface area (Å²) in [7, 11) is 2.96. The van der Waals surface area contributed by atoms with Crippen LogP contribution in [0.1, 0.15) is 16.1 Å². The van der Waals surface area contributed by atoms with Gasteiger partial charge in [-0.15, -0.1) is 0 Å². The summed E-state index contributed by atoms with van der Waals surface area (Å²) in [6.45, 7) is 1.89. The molecule has 0 aliphatic heterocycles. The summed E-state index contributed by atoms with van der Waals surface area (Å²) in [4.78, 5) is 20.8. The molecule has 1 N–H and O–H groups in total. The molecule has 6 nitrogen and oxygen atoms in total. The zero-order valence-electron chi connectivity index (χ0n) is 13.7. The number of anilines is 2. The molecule has 0 fully saturated rings. The van der Waals surface area contributed by atoms with Crippen LogP contribution in [-0.2, 0) is 4.74 Å². The summed E-state index contributed by atoms with van der Waals surface area (Å²) in [5.41, 5.74) is 3.21. The van der Waals surface area contributed by atoms with E-state index in [1.54, 1.807) is 7.11 Å². The van der Waals surface area contributed by atoms with Crippen molar-refractivity contribution in [2.24, 2.45) is 0 Å². The van der Waals surface area contributed by atoms with Crippen molar-refractivity contribution in [3.8, 4) is 5.75 Å². The van der Waals surface area contributed by atoms with Crippen LogP contribution in [0.3, 0.4) is 0 Å². The minimum Gasteiger partial charge on any atom is -0.497 e. The first kappa shape index (κ1) is 15.7. The van der Waals surface area contributed by atoms with Crippen molar-refractivity contribution in [3.63, 3.8) is 0 Å². The molecule has 0 spiro atoms. The Hall–Kier alpha value is -3.15. The number of methoxy groups -OCH3 is 2. The van der Waals surface area contributed by atoms with E-state index in [2.05, 4.69) is 15.3 Å². The van der Waals surface area contributed by atoms with Gasteiger partial charge in [0.25, 0.3) is 0 Å². The number of rotatable bonds is 4. The fourth-order valence-electron chi connectivity index (χ4n) is 2.39. The maximum Gasteiger partial charge on any atom is 0.341 e. The van der Waals surface area contributed by atoms with Gasteiger partial charge in [0.2, 0.25) is 0 Å². The molecule has 0 unspecified atom stereocenters. The van der Waals surface area contributed by atoms with Crippen LogP contribution in [0.5, 0.6) is 5.75 Å². The van der Waals surface area contributed by atoms with Gasteiger partial charge in [-0.2, -0.15) is 0 Å². The predicted octanol–water partition coefficient (Wildman–Crippen LogP) is 3.48. The minimum atomic E-state index is -0.457. The molecule has 2 heterocycles. The molecular weight excluding hydrogens is 306 g/mol. The summed E-state index contributed by atoms with van der Waals surface area (Å²) in [5.74, 6) is 0.298. The third-order valence-electron chi connectivity index (χ3n) is 3.63. The molecule has 6 heteroatoms. The second-order valence-corrected chi connectivity index (χ2v) is 5.22. The number of aryl methyl sites for hydroxylation is 1. The molecule has 0 amide bonds. The minimum absolute atomic E-state index is 0.353. The molecule has 0 atom stereocenters. The highest BCUT2D eigenvalue weighted by Crippen LogP contribution is 2.29. The zero-order valence-corrected chi connectivity index (χ0v) is 13.7. The first-order valence-corrected chi connectivity index (χ1v) is 7.38. The molecule has 0 aliphatic carbocycles. The van der Waals surface area contributed by atoms with Gasteiger partial charge in [0.15, 0.2) is 5.65 Å². The Morgan fingerprint density at radius 2 is 1.83 bits per heavy atom. The van der Waals surface area contributed by atoms with E-state index in [-0.39, 0.29) is 0 Å². The summed E-state index contributed by atoms with van der Waals surface area (Å²) in [6, 6.07) is 11.2. The van der Waals surface area contributed by atoms with E-state index in [1.807, 2.05) is 43.3 Å². The number of fused-ring (bicyclic) bond motifs is 1. The van der Waals surface area contributed by atoms with Gasteiger partial charge in [-0.25, -0.2) is 14.8 Å². The molecule has 0 aliphatic rings. The smallest absolute Gasteiger partial charge is 0.341 e. The first-order valence-electron chi connectivity index (χ1n) is 7.38. The number of aromatic nitrogens is 2. The lowest BCUT2D eigenvalue weighted by molar-refractivity contribution is 0.0601. The molecule has 24 heavy (non-hydrogen) atoms. The number of nitrogens with one attached hydrogen (secondary N) is 1. The second kappa shape index (κ2) is 6.54. The van der Waals surface area contributed by atoms with E-state index in [4.69, 9.17) is 9.47 Å². The number of benzene rings is 1. The van der Waals surface area contributed by atoms with Gasteiger partial charge < -0.3 is 14.8 Å². The van der Waals surface area contributed by atoms with Crippen LogP contribution in [0.25, 0.3) is 11.0 Å². The van der Waals surface area contributed by atoms with Gasteiger partial charge in [0.05, 0.1) is 19.9 Å². The largest absolute Gasteiger partial charge is 0.497 e. The Morgan fingerprint density at radius 3 is 2.50 bits per heavy atom. The summed E-state index contributed by atoms with van der Waals surface area (Å²) in [6.07, 6.45) is 1.48. The lowest BCUT2D eigenvalue weighted by atomic mass is 10.1. The molecule has 3 aromatic rings. The number of carbonyl (C=O) groups excluding carboxylic acids is 1. The van der Waals surface area contributed by atoms with Gasteiger partial charge in [0.1, 0.15) is 11.3 Å². The van der Waals surface area contributed by atoms with Crippen molar-refractivity contribution < 1.29 is 14.3 Å². The monoisotopic (exact) mass is 323 g/mol. The Bertz CT molecular complexity index is 892. The SMILES string of the molecule is COC(=O)c1cnc2nc(C)ccc2c1Nc1ccc(OC)cc1. The van der Waals surface area contributed by atoms with Crippen molar-refractivity contribution in [3.05, 3.63) is 53.9 Å². The normalized spacial score (nSPS) is 10.5. The van der Waals surface area contributed by atoms with Gasteiger partial charge in [-0.1, -0.05) is 0 Å². The van der Waals surface area contributed by atoms with Gasteiger partial charge >= 0.3 is 5.97 Å². The fraction of sp³-hybridized carbons (Fsp3) is 0.167. The quantitative estimate of drug-likeness (QED) is 0.741. The average molecular weight is 323 g/mol. The molecule has 3 rings (SSSR count). The number of hydrogen-bond donors (Lipinski definition) is 1.